The fourth-order valence-corrected chi connectivity index (χ4v) is 2.30. The average molecular weight is 256 g/mol. The molecule has 100 valence electrons. The van der Waals surface area contributed by atoms with Crippen LogP contribution in [0.1, 0.15) is 49.3 Å². The predicted octanol–water partition coefficient (Wildman–Crippen LogP) is 5.30. The second-order valence-corrected chi connectivity index (χ2v) is 5.55. The molecule has 0 saturated heterocycles. The Morgan fingerprint density at radius 2 is 1.32 bits per heavy atom. The first-order chi connectivity index (χ1) is 9.06. The summed E-state index contributed by atoms with van der Waals surface area (Å²) in [5.41, 5.74) is 3.90. The van der Waals surface area contributed by atoms with Gasteiger partial charge < -0.3 is 0 Å². The zero-order chi connectivity index (χ0) is 13.8. The van der Waals surface area contributed by atoms with E-state index in [2.05, 4.69) is 45.0 Å². The molecule has 0 spiro atoms. The largest absolute Gasteiger partial charge is 0.207 e. The van der Waals surface area contributed by atoms with Crippen molar-refractivity contribution in [3.8, 4) is 0 Å². The first kappa shape index (κ1) is 13.8. The fourth-order valence-electron chi connectivity index (χ4n) is 2.30. The van der Waals surface area contributed by atoms with Crippen LogP contribution in [0, 0.1) is 5.82 Å². The Hall–Kier alpha value is -1.63. The Bertz CT molecular complexity index is 508. The summed E-state index contributed by atoms with van der Waals surface area (Å²) in [5, 5.41) is 0. The van der Waals surface area contributed by atoms with Crippen LogP contribution >= 0.6 is 0 Å². The zero-order valence-electron chi connectivity index (χ0n) is 11.9. The van der Waals surface area contributed by atoms with E-state index in [4.69, 9.17) is 0 Å². The van der Waals surface area contributed by atoms with Gasteiger partial charge in [-0.1, -0.05) is 57.2 Å². The van der Waals surface area contributed by atoms with Crippen molar-refractivity contribution in [3.63, 3.8) is 0 Å². The van der Waals surface area contributed by atoms with E-state index in [1.54, 1.807) is 0 Å². The minimum atomic E-state index is -0.169. The van der Waals surface area contributed by atoms with Crippen LogP contribution in [0.15, 0.2) is 48.5 Å². The summed E-state index contributed by atoms with van der Waals surface area (Å²) in [6, 6.07) is 15.6. The Balaban J connectivity index is 2.06. The second-order valence-electron chi connectivity index (χ2n) is 5.55. The zero-order valence-corrected chi connectivity index (χ0v) is 11.9. The van der Waals surface area contributed by atoms with E-state index < -0.39 is 0 Å². The van der Waals surface area contributed by atoms with Gasteiger partial charge in [-0.2, -0.15) is 0 Å². The lowest BCUT2D eigenvalue weighted by molar-refractivity contribution is 0.625. The highest BCUT2D eigenvalue weighted by Gasteiger charge is 2.07. The van der Waals surface area contributed by atoms with Gasteiger partial charge in [-0.25, -0.2) is 4.39 Å². The maximum absolute atomic E-state index is 12.9. The third-order valence-corrected chi connectivity index (χ3v) is 3.63. The minimum Gasteiger partial charge on any atom is -0.207 e. The van der Waals surface area contributed by atoms with E-state index in [0.29, 0.717) is 11.8 Å². The molecular weight excluding hydrogens is 235 g/mol. The third kappa shape index (κ3) is 3.66. The van der Waals surface area contributed by atoms with Gasteiger partial charge in [0.1, 0.15) is 5.82 Å². The number of rotatable bonds is 4. The van der Waals surface area contributed by atoms with Gasteiger partial charge in [0.2, 0.25) is 0 Å². The minimum absolute atomic E-state index is 0.169. The molecule has 0 amide bonds. The van der Waals surface area contributed by atoms with Crippen LogP contribution in [0.25, 0.3) is 0 Å². The van der Waals surface area contributed by atoms with E-state index in [-0.39, 0.29) is 5.82 Å². The van der Waals surface area contributed by atoms with E-state index in [9.17, 15) is 4.39 Å². The predicted molar refractivity (Wildman–Crippen MR) is 79.1 cm³/mol. The van der Waals surface area contributed by atoms with Crippen LogP contribution in [-0.4, -0.2) is 0 Å². The maximum atomic E-state index is 12.9. The van der Waals surface area contributed by atoms with Gasteiger partial charge >= 0.3 is 0 Å². The fraction of sp³-hybridized carbons (Fsp3) is 0.333. The summed E-state index contributed by atoms with van der Waals surface area (Å²) in [6.07, 6.45) is 0.990. The smallest absolute Gasteiger partial charge is 0.123 e. The van der Waals surface area contributed by atoms with Crippen LogP contribution in [0.2, 0.25) is 0 Å². The molecule has 0 heterocycles. The standard InChI is InChI=1S/C18H21F/c1-13(2)16-6-4-15(5-7-16)12-14(3)17-8-10-18(19)11-9-17/h4-11,13-14H,12H2,1-3H3/t14-/m0/s1. The van der Waals surface area contributed by atoms with Crippen LogP contribution < -0.4 is 0 Å². The van der Waals surface area contributed by atoms with Gasteiger partial charge in [0.25, 0.3) is 0 Å². The lowest BCUT2D eigenvalue weighted by atomic mass is 9.92. The second kappa shape index (κ2) is 6.01. The van der Waals surface area contributed by atoms with Crippen molar-refractivity contribution < 1.29 is 4.39 Å². The van der Waals surface area contributed by atoms with Crippen molar-refractivity contribution in [2.45, 2.75) is 39.0 Å². The van der Waals surface area contributed by atoms with Gasteiger partial charge in [-0.15, -0.1) is 0 Å². The van der Waals surface area contributed by atoms with Crippen molar-refractivity contribution in [1.82, 2.24) is 0 Å². The van der Waals surface area contributed by atoms with Crippen LogP contribution in [0.5, 0.6) is 0 Å². The normalized spacial score (nSPS) is 12.7. The number of benzene rings is 2. The van der Waals surface area contributed by atoms with Crippen LogP contribution in [0.3, 0.4) is 0 Å². The number of hydrogen-bond donors (Lipinski definition) is 0. The Morgan fingerprint density at radius 3 is 1.84 bits per heavy atom. The Kier molecular flexibility index (Phi) is 4.36. The molecule has 2 rings (SSSR count). The summed E-state index contributed by atoms with van der Waals surface area (Å²) in [7, 11) is 0. The number of halogens is 1. The molecule has 2 aromatic carbocycles. The molecule has 0 radical (unpaired) electrons. The molecule has 1 atom stereocenters. The van der Waals surface area contributed by atoms with Crippen molar-refractivity contribution in [2.75, 3.05) is 0 Å². The molecule has 0 aliphatic rings. The van der Waals surface area contributed by atoms with Gasteiger partial charge in [-0.05, 0) is 47.1 Å². The molecule has 0 unspecified atom stereocenters. The summed E-state index contributed by atoms with van der Waals surface area (Å²) >= 11 is 0. The topological polar surface area (TPSA) is 0 Å². The summed E-state index contributed by atoms with van der Waals surface area (Å²) in [4.78, 5) is 0. The van der Waals surface area contributed by atoms with E-state index in [1.165, 1.54) is 28.8 Å². The molecule has 0 aliphatic carbocycles. The quantitative estimate of drug-likeness (QED) is 0.696. The molecular formula is C18H21F. The molecule has 0 nitrogen and oxygen atoms in total. The van der Waals surface area contributed by atoms with Crippen molar-refractivity contribution in [3.05, 3.63) is 71.0 Å². The molecule has 0 bridgehead atoms. The van der Waals surface area contributed by atoms with Crippen molar-refractivity contribution in [2.24, 2.45) is 0 Å². The van der Waals surface area contributed by atoms with Crippen LogP contribution in [-0.2, 0) is 6.42 Å². The Morgan fingerprint density at radius 1 is 0.789 bits per heavy atom. The first-order valence-corrected chi connectivity index (χ1v) is 6.90. The van der Waals surface area contributed by atoms with Gasteiger partial charge in [0.05, 0.1) is 0 Å². The molecule has 0 aliphatic heterocycles. The lowest BCUT2D eigenvalue weighted by Crippen LogP contribution is -1.99. The molecule has 19 heavy (non-hydrogen) atoms. The highest BCUT2D eigenvalue weighted by molar-refractivity contribution is 5.28. The van der Waals surface area contributed by atoms with Crippen molar-refractivity contribution in [1.29, 1.82) is 0 Å². The highest BCUT2D eigenvalue weighted by atomic mass is 19.1. The first-order valence-electron chi connectivity index (χ1n) is 6.90. The summed E-state index contributed by atoms with van der Waals surface area (Å²) in [5.74, 6) is 0.811. The van der Waals surface area contributed by atoms with Gasteiger partial charge in [-0.3, -0.25) is 0 Å². The monoisotopic (exact) mass is 256 g/mol. The molecule has 1 heteroatoms. The van der Waals surface area contributed by atoms with E-state index >= 15 is 0 Å². The maximum Gasteiger partial charge on any atom is 0.123 e. The lowest BCUT2D eigenvalue weighted by Gasteiger charge is -2.13. The van der Waals surface area contributed by atoms with E-state index in [1.807, 2.05) is 12.1 Å². The van der Waals surface area contributed by atoms with Crippen LogP contribution in [0.4, 0.5) is 4.39 Å². The molecule has 0 aromatic heterocycles. The highest BCUT2D eigenvalue weighted by Crippen LogP contribution is 2.22. The molecule has 2 aromatic rings. The van der Waals surface area contributed by atoms with Crippen molar-refractivity contribution >= 4 is 0 Å². The SMILES string of the molecule is CC(C)c1ccc(C[C@H](C)c2ccc(F)cc2)cc1. The molecule has 0 N–H and O–H groups in total. The Labute approximate surface area is 115 Å². The van der Waals surface area contributed by atoms with Gasteiger partial charge in [0, 0.05) is 0 Å². The average Bonchev–Trinajstić information content (AvgIpc) is 2.40. The summed E-state index contributed by atoms with van der Waals surface area (Å²) in [6.45, 7) is 6.59. The van der Waals surface area contributed by atoms with Gasteiger partial charge in [0.15, 0.2) is 0 Å². The van der Waals surface area contributed by atoms with E-state index in [0.717, 1.165) is 6.42 Å². The summed E-state index contributed by atoms with van der Waals surface area (Å²) < 4.78 is 12.9. The third-order valence-electron chi connectivity index (χ3n) is 3.63. The molecule has 0 saturated carbocycles. The molecule has 0 fully saturated rings. The number of hydrogen-bond acceptors (Lipinski definition) is 0.